The Morgan fingerprint density at radius 3 is 2.79 bits per heavy atom. The molecule has 98 valence electrons. The number of nitrogens with one attached hydrogen (secondary N) is 1. The molecule has 0 atom stereocenters. The maximum atomic E-state index is 11.2. The third-order valence-electron chi connectivity index (χ3n) is 2.33. The number of aryl methyl sites for hydroxylation is 1. The van der Waals surface area contributed by atoms with Crippen LogP contribution in [0.15, 0.2) is 30.0 Å². The van der Waals surface area contributed by atoms with E-state index in [0.717, 1.165) is 18.9 Å². The summed E-state index contributed by atoms with van der Waals surface area (Å²) in [5.74, 6) is -0.780. The highest BCUT2D eigenvalue weighted by Gasteiger charge is 2.10. The number of ether oxygens (including phenoxy) is 1. The Labute approximate surface area is 109 Å². The van der Waals surface area contributed by atoms with E-state index in [4.69, 9.17) is 5.26 Å². The van der Waals surface area contributed by atoms with Crippen molar-refractivity contribution in [1.82, 2.24) is 0 Å². The number of nitro benzene ring substituents is 1. The van der Waals surface area contributed by atoms with Gasteiger partial charge in [0.05, 0.1) is 12.0 Å². The number of hydrogen-bond acceptors (Lipinski definition) is 6. The highest BCUT2D eigenvalue weighted by molar-refractivity contribution is 5.93. The van der Waals surface area contributed by atoms with Gasteiger partial charge >= 0.3 is 5.97 Å². The highest BCUT2D eigenvalue weighted by Crippen LogP contribution is 2.22. The lowest BCUT2D eigenvalue weighted by atomic mass is 10.2. The van der Waals surface area contributed by atoms with Gasteiger partial charge in [0.1, 0.15) is 6.07 Å². The zero-order valence-electron chi connectivity index (χ0n) is 10.3. The Hall–Kier alpha value is -2.88. The molecule has 0 aliphatic rings. The number of nitro groups is 1. The number of non-ortho nitro benzene ring substituents is 1. The largest absolute Gasteiger partial charge is 0.465 e. The fraction of sp³-hybridized carbons (Fsp3) is 0.167. The number of methoxy groups -OCH3 is 1. The predicted octanol–water partition coefficient (Wildman–Crippen LogP) is 1.90. The molecule has 0 heterocycles. The van der Waals surface area contributed by atoms with Crippen LogP contribution in [0, 0.1) is 28.4 Å². The molecular formula is C12H11N3O4. The maximum absolute atomic E-state index is 11.2. The standard InChI is InChI=1S/C12H11N3O4/c1-8-3-4-10(15(17)18)5-11(8)14-7-9(6-13)12(16)19-2/h3-5,7,14H,1-2H3/b9-7+. The molecule has 0 bridgehead atoms. The first kappa shape index (κ1) is 14.2. The molecule has 0 aromatic heterocycles. The summed E-state index contributed by atoms with van der Waals surface area (Å²) in [4.78, 5) is 21.3. The molecular weight excluding hydrogens is 250 g/mol. The van der Waals surface area contributed by atoms with E-state index >= 15 is 0 Å². The van der Waals surface area contributed by atoms with Gasteiger partial charge in [-0.05, 0) is 12.5 Å². The molecule has 0 saturated heterocycles. The normalized spacial score (nSPS) is 10.5. The van der Waals surface area contributed by atoms with E-state index in [9.17, 15) is 14.9 Å². The molecule has 0 aliphatic heterocycles. The number of rotatable bonds is 4. The van der Waals surface area contributed by atoms with Crippen LogP contribution in [0.3, 0.4) is 0 Å². The minimum atomic E-state index is -0.780. The lowest BCUT2D eigenvalue weighted by Crippen LogP contribution is -2.05. The number of esters is 1. The number of carbonyl (C=O) groups is 1. The van der Waals surface area contributed by atoms with Crippen LogP contribution >= 0.6 is 0 Å². The van der Waals surface area contributed by atoms with Crippen LogP contribution in [-0.2, 0) is 9.53 Å². The van der Waals surface area contributed by atoms with Crippen molar-refractivity contribution in [2.24, 2.45) is 0 Å². The number of nitrogens with zero attached hydrogens (tertiary/aromatic N) is 2. The Bertz CT molecular complexity index is 587. The van der Waals surface area contributed by atoms with Gasteiger partial charge in [-0.2, -0.15) is 5.26 Å². The smallest absolute Gasteiger partial charge is 0.350 e. The van der Waals surface area contributed by atoms with Crippen molar-refractivity contribution in [3.8, 4) is 6.07 Å². The van der Waals surface area contributed by atoms with Crippen molar-refractivity contribution in [3.05, 3.63) is 45.6 Å². The second-order valence-corrected chi connectivity index (χ2v) is 3.56. The summed E-state index contributed by atoms with van der Waals surface area (Å²) in [5, 5.41) is 22.1. The number of hydrogen-bond donors (Lipinski definition) is 1. The first-order chi connectivity index (χ1) is 8.99. The maximum Gasteiger partial charge on any atom is 0.350 e. The average Bonchev–Trinajstić information content (AvgIpc) is 2.40. The molecule has 19 heavy (non-hydrogen) atoms. The lowest BCUT2D eigenvalue weighted by Gasteiger charge is -2.05. The summed E-state index contributed by atoms with van der Waals surface area (Å²) in [5.41, 5.74) is 0.862. The van der Waals surface area contributed by atoms with Crippen molar-refractivity contribution in [2.45, 2.75) is 6.92 Å². The van der Waals surface area contributed by atoms with Crippen LogP contribution in [0.2, 0.25) is 0 Å². The molecule has 0 radical (unpaired) electrons. The minimum Gasteiger partial charge on any atom is -0.465 e. The molecule has 0 saturated carbocycles. The quantitative estimate of drug-likeness (QED) is 0.292. The molecule has 0 fully saturated rings. The molecule has 0 unspecified atom stereocenters. The van der Waals surface area contributed by atoms with E-state index in [1.807, 2.05) is 0 Å². The van der Waals surface area contributed by atoms with E-state index in [2.05, 4.69) is 10.1 Å². The van der Waals surface area contributed by atoms with Crippen molar-refractivity contribution in [3.63, 3.8) is 0 Å². The van der Waals surface area contributed by atoms with Gasteiger partial charge in [0.15, 0.2) is 5.57 Å². The van der Waals surface area contributed by atoms with Gasteiger partial charge in [-0.25, -0.2) is 4.79 Å². The van der Waals surface area contributed by atoms with Crippen molar-refractivity contribution in [1.29, 1.82) is 5.26 Å². The van der Waals surface area contributed by atoms with Gasteiger partial charge in [-0.15, -0.1) is 0 Å². The molecule has 0 aliphatic carbocycles. The van der Waals surface area contributed by atoms with Crippen LogP contribution in [0.25, 0.3) is 0 Å². The van der Waals surface area contributed by atoms with Gasteiger partial charge in [0.2, 0.25) is 0 Å². The third kappa shape index (κ3) is 3.54. The van der Waals surface area contributed by atoms with Crippen molar-refractivity contribution >= 4 is 17.3 Å². The summed E-state index contributed by atoms with van der Waals surface area (Å²) in [7, 11) is 1.16. The number of benzene rings is 1. The Balaban J connectivity index is 3.03. The van der Waals surface area contributed by atoms with Gasteiger partial charge in [0, 0.05) is 24.0 Å². The summed E-state index contributed by atoms with van der Waals surface area (Å²) < 4.78 is 4.41. The van der Waals surface area contributed by atoms with Crippen LogP contribution < -0.4 is 5.32 Å². The van der Waals surface area contributed by atoms with Crippen LogP contribution in [-0.4, -0.2) is 18.0 Å². The molecule has 1 aromatic carbocycles. The molecule has 7 nitrogen and oxygen atoms in total. The van der Waals surface area contributed by atoms with E-state index in [1.165, 1.54) is 12.1 Å². The first-order valence-electron chi connectivity index (χ1n) is 5.19. The van der Waals surface area contributed by atoms with Crippen molar-refractivity contribution in [2.75, 3.05) is 12.4 Å². The van der Waals surface area contributed by atoms with E-state index in [-0.39, 0.29) is 11.3 Å². The van der Waals surface area contributed by atoms with E-state index in [0.29, 0.717) is 5.69 Å². The molecule has 1 rings (SSSR count). The minimum absolute atomic E-state index is 0.0851. The zero-order chi connectivity index (χ0) is 14.4. The molecule has 1 N–H and O–H groups in total. The monoisotopic (exact) mass is 261 g/mol. The second kappa shape index (κ2) is 6.16. The predicted molar refractivity (Wildman–Crippen MR) is 67.2 cm³/mol. The topological polar surface area (TPSA) is 105 Å². The fourth-order valence-corrected chi connectivity index (χ4v) is 1.28. The SMILES string of the molecule is COC(=O)/C(C#N)=C/Nc1cc([N+](=O)[O-])ccc1C. The number of anilines is 1. The lowest BCUT2D eigenvalue weighted by molar-refractivity contribution is -0.384. The molecule has 0 amide bonds. The number of nitriles is 1. The summed E-state index contributed by atoms with van der Waals surface area (Å²) in [6.45, 7) is 1.74. The second-order valence-electron chi connectivity index (χ2n) is 3.56. The average molecular weight is 261 g/mol. The fourth-order valence-electron chi connectivity index (χ4n) is 1.28. The molecule has 0 spiro atoms. The van der Waals surface area contributed by atoms with Gasteiger partial charge in [-0.1, -0.05) is 6.07 Å². The van der Waals surface area contributed by atoms with E-state index < -0.39 is 10.9 Å². The summed E-state index contributed by atoms with van der Waals surface area (Å²) >= 11 is 0. The van der Waals surface area contributed by atoms with Crippen LogP contribution in [0.5, 0.6) is 0 Å². The number of carbonyl (C=O) groups excluding carboxylic acids is 1. The Kier molecular flexibility index (Phi) is 4.60. The zero-order valence-corrected chi connectivity index (χ0v) is 10.3. The first-order valence-corrected chi connectivity index (χ1v) is 5.19. The third-order valence-corrected chi connectivity index (χ3v) is 2.33. The van der Waals surface area contributed by atoms with Crippen LogP contribution in [0.1, 0.15) is 5.56 Å². The van der Waals surface area contributed by atoms with Gasteiger partial charge in [-0.3, -0.25) is 10.1 Å². The van der Waals surface area contributed by atoms with E-state index in [1.54, 1.807) is 19.1 Å². The summed E-state index contributed by atoms with van der Waals surface area (Å²) in [6.07, 6.45) is 1.15. The highest BCUT2D eigenvalue weighted by atomic mass is 16.6. The van der Waals surface area contributed by atoms with Gasteiger partial charge in [0.25, 0.3) is 5.69 Å². The summed E-state index contributed by atoms with van der Waals surface area (Å²) in [6, 6.07) is 5.93. The Morgan fingerprint density at radius 1 is 1.58 bits per heavy atom. The van der Waals surface area contributed by atoms with Crippen molar-refractivity contribution < 1.29 is 14.5 Å². The van der Waals surface area contributed by atoms with Gasteiger partial charge < -0.3 is 10.1 Å². The van der Waals surface area contributed by atoms with Crippen LogP contribution in [0.4, 0.5) is 11.4 Å². The molecule has 7 heteroatoms. The molecule has 1 aromatic rings. The Morgan fingerprint density at radius 2 is 2.26 bits per heavy atom.